The summed E-state index contributed by atoms with van der Waals surface area (Å²) in [4.78, 5) is 11.2. The minimum atomic E-state index is -0.456. The van der Waals surface area contributed by atoms with E-state index in [0.717, 1.165) is 21.5 Å². The molecule has 0 radical (unpaired) electrons. The number of aryl methyl sites for hydroxylation is 1. The molecule has 0 fully saturated rings. The number of rotatable bonds is 2. The van der Waals surface area contributed by atoms with Crippen molar-refractivity contribution in [2.75, 3.05) is 0 Å². The zero-order chi connectivity index (χ0) is 13.4. The van der Waals surface area contributed by atoms with Gasteiger partial charge >= 0.3 is 0 Å². The Morgan fingerprint density at radius 2 is 2.00 bits per heavy atom. The molecule has 0 aliphatic rings. The van der Waals surface area contributed by atoms with E-state index in [4.69, 9.17) is 5.73 Å². The highest BCUT2D eigenvalue weighted by molar-refractivity contribution is 9.10. The molecule has 2 rings (SSSR count). The summed E-state index contributed by atoms with van der Waals surface area (Å²) in [5.74, 6) is -0.456. The molecule has 1 amide bonds. The molecular weight excluding hydrogens is 362 g/mol. The van der Waals surface area contributed by atoms with Gasteiger partial charge in [0.05, 0.1) is 27.1 Å². The standard InChI is InChI=1S/C12H11Br2N3O/c1-6-11(14)7(2)17(16-6)8-3-4-9(12(15)18)10(13)5-8/h3-5H,1-2H3,(H2,15,18). The maximum atomic E-state index is 11.2. The highest BCUT2D eigenvalue weighted by Gasteiger charge is 2.12. The van der Waals surface area contributed by atoms with E-state index in [9.17, 15) is 4.79 Å². The second-order valence-corrected chi connectivity index (χ2v) is 5.57. The third-order valence-corrected chi connectivity index (χ3v) is 4.47. The van der Waals surface area contributed by atoms with Crippen LogP contribution in [-0.4, -0.2) is 15.7 Å². The number of halogens is 2. The summed E-state index contributed by atoms with van der Waals surface area (Å²) < 4.78 is 3.46. The van der Waals surface area contributed by atoms with Crippen molar-refractivity contribution in [2.24, 2.45) is 5.73 Å². The molecule has 0 saturated heterocycles. The lowest BCUT2D eigenvalue weighted by molar-refractivity contribution is 0.0999. The lowest BCUT2D eigenvalue weighted by Crippen LogP contribution is -2.12. The zero-order valence-electron chi connectivity index (χ0n) is 9.87. The third kappa shape index (κ3) is 2.22. The number of primary amides is 1. The molecule has 1 aromatic carbocycles. The third-order valence-electron chi connectivity index (χ3n) is 2.67. The molecule has 0 bridgehead atoms. The smallest absolute Gasteiger partial charge is 0.249 e. The fraction of sp³-hybridized carbons (Fsp3) is 0.167. The first kappa shape index (κ1) is 13.3. The van der Waals surface area contributed by atoms with Crippen LogP contribution in [0.1, 0.15) is 21.7 Å². The summed E-state index contributed by atoms with van der Waals surface area (Å²) in [6.07, 6.45) is 0. The van der Waals surface area contributed by atoms with Crippen LogP contribution in [0.3, 0.4) is 0 Å². The number of benzene rings is 1. The molecule has 0 atom stereocenters. The first-order chi connectivity index (χ1) is 8.41. The van der Waals surface area contributed by atoms with Crippen molar-refractivity contribution < 1.29 is 4.79 Å². The number of amides is 1. The van der Waals surface area contributed by atoms with E-state index in [1.165, 1.54) is 0 Å². The maximum Gasteiger partial charge on any atom is 0.249 e. The van der Waals surface area contributed by atoms with Crippen molar-refractivity contribution in [2.45, 2.75) is 13.8 Å². The Morgan fingerprint density at radius 1 is 1.33 bits per heavy atom. The quantitative estimate of drug-likeness (QED) is 0.880. The minimum Gasteiger partial charge on any atom is -0.366 e. The van der Waals surface area contributed by atoms with E-state index in [1.807, 2.05) is 30.7 Å². The van der Waals surface area contributed by atoms with E-state index >= 15 is 0 Å². The first-order valence-electron chi connectivity index (χ1n) is 5.23. The Labute approximate surface area is 121 Å². The van der Waals surface area contributed by atoms with Gasteiger partial charge < -0.3 is 5.73 Å². The van der Waals surface area contributed by atoms with Crippen LogP contribution in [0.5, 0.6) is 0 Å². The molecule has 18 heavy (non-hydrogen) atoms. The summed E-state index contributed by atoms with van der Waals surface area (Å²) >= 11 is 6.83. The van der Waals surface area contributed by atoms with Crippen LogP contribution in [0.25, 0.3) is 5.69 Å². The topological polar surface area (TPSA) is 60.9 Å². The molecule has 1 heterocycles. The van der Waals surface area contributed by atoms with E-state index < -0.39 is 5.91 Å². The average molecular weight is 373 g/mol. The van der Waals surface area contributed by atoms with Gasteiger partial charge in [0, 0.05) is 4.47 Å². The maximum absolute atomic E-state index is 11.2. The van der Waals surface area contributed by atoms with Gasteiger partial charge in [-0.05, 0) is 63.9 Å². The van der Waals surface area contributed by atoms with Gasteiger partial charge in [0.15, 0.2) is 0 Å². The Kier molecular flexibility index (Phi) is 3.59. The number of nitrogens with two attached hydrogens (primary N) is 1. The molecule has 1 aromatic heterocycles. The largest absolute Gasteiger partial charge is 0.366 e. The van der Waals surface area contributed by atoms with E-state index in [1.54, 1.807) is 6.07 Å². The molecule has 0 spiro atoms. The van der Waals surface area contributed by atoms with Crippen molar-refractivity contribution >= 4 is 37.8 Å². The van der Waals surface area contributed by atoms with Crippen molar-refractivity contribution in [3.05, 3.63) is 44.1 Å². The van der Waals surface area contributed by atoms with Crippen LogP contribution >= 0.6 is 31.9 Å². The van der Waals surface area contributed by atoms with Crippen molar-refractivity contribution in [3.63, 3.8) is 0 Å². The van der Waals surface area contributed by atoms with E-state index in [2.05, 4.69) is 37.0 Å². The van der Waals surface area contributed by atoms with Gasteiger partial charge in [-0.1, -0.05) is 0 Å². The van der Waals surface area contributed by atoms with Crippen LogP contribution in [0.4, 0.5) is 0 Å². The van der Waals surface area contributed by atoms with Crippen LogP contribution in [-0.2, 0) is 0 Å². The van der Waals surface area contributed by atoms with Gasteiger partial charge in [0.2, 0.25) is 5.91 Å². The van der Waals surface area contributed by atoms with Crippen LogP contribution in [0.2, 0.25) is 0 Å². The molecule has 0 saturated carbocycles. The van der Waals surface area contributed by atoms with Gasteiger partial charge in [-0.2, -0.15) is 5.10 Å². The first-order valence-corrected chi connectivity index (χ1v) is 6.82. The minimum absolute atomic E-state index is 0.456. The molecule has 4 nitrogen and oxygen atoms in total. The Bertz CT molecular complexity index is 634. The molecule has 6 heteroatoms. The number of nitrogens with zero attached hydrogens (tertiary/aromatic N) is 2. The van der Waals surface area contributed by atoms with Crippen LogP contribution < -0.4 is 5.73 Å². The predicted molar refractivity (Wildman–Crippen MR) is 77.0 cm³/mol. The Morgan fingerprint density at radius 3 is 2.44 bits per heavy atom. The molecule has 94 valence electrons. The number of carbonyl (C=O) groups is 1. The second kappa shape index (κ2) is 4.85. The van der Waals surface area contributed by atoms with Gasteiger partial charge in [-0.3, -0.25) is 4.79 Å². The van der Waals surface area contributed by atoms with Gasteiger partial charge in [-0.25, -0.2) is 4.68 Å². The second-order valence-electron chi connectivity index (χ2n) is 3.93. The normalized spacial score (nSPS) is 10.7. The highest BCUT2D eigenvalue weighted by atomic mass is 79.9. The number of aromatic nitrogens is 2. The average Bonchev–Trinajstić information content (AvgIpc) is 2.56. The lowest BCUT2D eigenvalue weighted by Gasteiger charge is -2.07. The number of carbonyl (C=O) groups excluding carboxylic acids is 1. The van der Waals surface area contributed by atoms with E-state index in [0.29, 0.717) is 10.0 Å². The Balaban J connectivity index is 2.55. The summed E-state index contributed by atoms with van der Waals surface area (Å²) in [5, 5.41) is 4.43. The Hall–Kier alpha value is -1.14. The van der Waals surface area contributed by atoms with Crippen molar-refractivity contribution in [3.8, 4) is 5.69 Å². The summed E-state index contributed by atoms with van der Waals surface area (Å²) in [5.41, 5.74) is 8.52. The monoisotopic (exact) mass is 371 g/mol. The molecule has 0 aliphatic carbocycles. The fourth-order valence-electron chi connectivity index (χ4n) is 1.71. The number of hydrogen-bond acceptors (Lipinski definition) is 2. The lowest BCUT2D eigenvalue weighted by atomic mass is 10.2. The summed E-state index contributed by atoms with van der Waals surface area (Å²) in [7, 11) is 0. The molecule has 0 aliphatic heterocycles. The summed E-state index contributed by atoms with van der Waals surface area (Å²) in [6, 6.07) is 5.33. The molecular formula is C12H11Br2N3O. The SMILES string of the molecule is Cc1nn(-c2ccc(C(N)=O)c(Br)c2)c(C)c1Br. The molecule has 2 aromatic rings. The van der Waals surface area contributed by atoms with Crippen LogP contribution in [0.15, 0.2) is 27.1 Å². The molecule has 0 unspecified atom stereocenters. The fourth-order valence-corrected chi connectivity index (χ4v) is 2.52. The number of hydrogen-bond donors (Lipinski definition) is 1. The molecule has 2 N–H and O–H groups in total. The van der Waals surface area contributed by atoms with Crippen molar-refractivity contribution in [1.29, 1.82) is 0 Å². The highest BCUT2D eigenvalue weighted by Crippen LogP contribution is 2.25. The zero-order valence-corrected chi connectivity index (χ0v) is 13.0. The van der Waals surface area contributed by atoms with Gasteiger partial charge in [-0.15, -0.1) is 0 Å². The van der Waals surface area contributed by atoms with E-state index in [-0.39, 0.29) is 0 Å². The predicted octanol–water partition coefficient (Wildman–Crippen LogP) is 3.11. The summed E-state index contributed by atoms with van der Waals surface area (Å²) in [6.45, 7) is 3.90. The van der Waals surface area contributed by atoms with Crippen LogP contribution in [0, 0.1) is 13.8 Å². The van der Waals surface area contributed by atoms with Gasteiger partial charge in [0.1, 0.15) is 0 Å². The van der Waals surface area contributed by atoms with Gasteiger partial charge in [0.25, 0.3) is 0 Å². The van der Waals surface area contributed by atoms with Crippen molar-refractivity contribution in [1.82, 2.24) is 9.78 Å².